The predicted molar refractivity (Wildman–Crippen MR) is 121 cm³/mol. The Bertz CT molecular complexity index is 857. The number of likely N-dealkylation sites (tertiary alicyclic amines) is 2. The van der Waals surface area contributed by atoms with Gasteiger partial charge in [0, 0.05) is 36.4 Å². The first-order valence-electron chi connectivity index (χ1n) is 11.2. The summed E-state index contributed by atoms with van der Waals surface area (Å²) in [7, 11) is 1.43. The van der Waals surface area contributed by atoms with E-state index in [0.29, 0.717) is 25.2 Å². The van der Waals surface area contributed by atoms with Gasteiger partial charge in [0.25, 0.3) is 0 Å². The van der Waals surface area contributed by atoms with Crippen LogP contribution in [0.5, 0.6) is 0 Å². The summed E-state index contributed by atoms with van der Waals surface area (Å²) in [4.78, 5) is 29.4. The minimum Gasteiger partial charge on any atom is -0.468 e. The van der Waals surface area contributed by atoms with Crippen molar-refractivity contribution in [3.8, 4) is 0 Å². The van der Waals surface area contributed by atoms with E-state index in [4.69, 9.17) is 17.4 Å². The van der Waals surface area contributed by atoms with Crippen molar-refractivity contribution < 1.29 is 18.7 Å². The lowest BCUT2D eigenvalue weighted by atomic mass is 9.93. The van der Waals surface area contributed by atoms with Gasteiger partial charge in [-0.1, -0.05) is 24.3 Å². The van der Waals surface area contributed by atoms with Crippen LogP contribution in [-0.4, -0.2) is 66.1 Å². The van der Waals surface area contributed by atoms with Crippen LogP contribution in [0, 0.1) is 11.7 Å². The first-order valence-corrected chi connectivity index (χ1v) is 11.7. The van der Waals surface area contributed by atoms with Crippen molar-refractivity contribution in [2.45, 2.75) is 49.4 Å². The summed E-state index contributed by atoms with van der Waals surface area (Å²) in [5, 5.41) is 0.104. The number of hydrogen-bond acceptors (Lipinski definition) is 6. The fourth-order valence-electron chi connectivity index (χ4n) is 4.81. The first-order chi connectivity index (χ1) is 15.0. The summed E-state index contributed by atoms with van der Waals surface area (Å²) in [5.41, 5.74) is 1.61. The van der Waals surface area contributed by atoms with Crippen LogP contribution in [0.4, 0.5) is 4.39 Å². The van der Waals surface area contributed by atoms with Crippen LogP contribution in [0.25, 0.3) is 0 Å². The molecule has 0 radical (unpaired) electrons. The number of carbonyl (C=O) groups is 2. The number of ketones is 1. The molecule has 1 aromatic carbocycles. The Kier molecular flexibility index (Phi) is 7.14. The Morgan fingerprint density at radius 2 is 2.00 bits per heavy atom. The molecule has 3 fully saturated rings. The summed E-state index contributed by atoms with van der Waals surface area (Å²) in [6.07, 6.45) is 6.55. The number of halogens is 1. The first kappa shape index (κ1) is 22.5. The summed E-state index contributed by atoms with van der Waals surface area (Å²) in [6, 6.07) is 5.90. The van der Waals surface area contributed by atoms with Crippen molar-refractivity contribution in [3.05, 3.63) is 47.3 Å². The average molecular weight is 447 g/mol. The van der Waals surface area contributed by atoms with Crippen LogP contribution >= 0.6 is 12.6 Å². The number of benzene rings is 1. The summed E-state index contributed by atoms with van der Waals surface area (Å²) < 4.78 is 19.6. The molecule has 0 bridgehead atoms. The molecule has 0 amide bonds. The molecular weight excluding hydrogens is 415 g/mol. The quantitative estimate of drug-likeness (QED) is 0.395. The molecule has 0 spiro atoms. The number of Topliss-reactive ketones (excluding diaryl/α,β-unsaturated/α-hetero) is 1. The maximum absolute atomic E-state index is 14.7. The fraction of sp³-hybridized carbons (Fsp3) is 0.583. The smallest absolute Gasteiger partial charge is 0.323 e. The van der Waals surface area contributed by atoms with Gasteiger partial charge in [-0.05, 0) is 50.3 Å². The Labute approximate surface area is 189 Å². The number of thiol groups is 1. The van der Waals surface area contributed by atoms with Crippen molar-refractivity contribution in [3.63, 3.8) is 0 Å². The van der Waals surface area contributed by atoms with Crippen molar-refractivity contribution in [2.24, 2.45) is 5.92 Å². The second-order valence-corrected chi connectivity index (χ2v) is 9.45. The van der Waals surface area contributed by atoms with Gasteiger partial charge < -0.3 is 4.74 Å². The third-order valence-corrected chi connectivity index (χ3v) is 7.33. The molecule has 3 aliphatic rings. The zero-order valence-corrected chi connectivity index (χ0v) is 18.9. The second-order valence-electron chi connectivity index (χ2n) is 8.83. The van der Waals surface area contributed by atoms with E-state index in [9.17, 15) is 14.0 Å². The number of esters is 1. The molecule has 3 atom stereocenters. The van der Waals surface area contributed by atoms with Gasteiger partial charge in [0.15, 0.2) is 5.78 Å². The van der Waals surface area contributed by atoms with E-state index in [2.05, 4.69) is 15.9 Å². The summed E-state index contributed by atoms with van der Waals surface area (Å²) in [6.45, 7) is 2.81. The van der Waals surface area contributed by atoms with E-state index in [1.807, 2.05) is 0 Å². The van der Waals surface area contributed by atoms with E-state index in [1.165, 1.54) is 13.2 Å². The topological polar surface area (TPSA) is 49.9 Å². The lowest BCUT2D eigenvalue weighted by Gasteiger charge is -2.38. The Balaban J connectivity index is 1.52. The number of carbonyl (C=O) groups excluding carboxylic acids is 2. The molecule has 2 aliphatic heterocycles. The van der Waals surface area contributed by atoms with Gasteiger partial charge >= 0.3 is 5.97 Å². The van der Waals surface area contributed by atoms with Crippen LogP contribution < -0.4 is 0 Å². The lowest BCUT2D eigenvalue weighted by molar-refractivity contribution is -0.145. The molecule has 4 rings (SSSR count). The highest BCUT2D eigenvalue weighted by Crippen LogP contribution is 2.39. The molecule has 5 nitrogen and oxygen atoms in total. The van der Waals surface area contributed by atoms with Gasteiger partial charge in [-0.2, -0.15) is 12.6 Å². The highest BCUT2D eigenvalue weighted by atomic mass is 32.1. The predicted octanol–water partition coefficient (Wildman–Crippen LogP) is 3.41. The molecule has 0 N–H and O–H groups in total. The largest absolute Gasteiger partial charge is 0.468 e. The molecule has 2 heterocycles. The van der Waals surface area contributed by atoms with Crippen LogP contribution in [0.3, 0.4) is 0 Å². The third-order valence-electron chi connectivity index (χ3n) is 6.74. The maximum atomic E-state index is 14.7. The van der Waals surface area contributed by atoms with Gasteiger partial charge in [-0.3, -0.25) is 19.4 Å². The van der Waals surface area contributed by atoms with E-state index < -0.39 is 6.04 Å². The summed E-state index contributed by atoms with van der Waals surface area (Å²) >= 11 is 4.77. The van der Waals surface area contributed by atoms with E-state index in [-0.39, 0.29) is 34.8 Å². The molecule has 0 aromatic heterocycles. The number of rotatable bonds is 7. The standard InChI is InChI=1S/C24H31FN2O3S/c1-30-24(29)20-7-4-12-26(20)13-10-17-15-27(14-11-21(17)31)22(23(28)16-8-9-16)18-5-2-3-6-19(18)25/h2-3,5-6,10,16,20-22,31H,4,7-9,11-15H2,1H3/b17-10+/t20-,21?,22?/m0/s1. The van der Waals surface area contributed by atoms with Crippen molar-refractivity contribution in [1.82, 2.24) is 9.80 Å². The molecule has 1 aromatic rings. The molecule has 2 unspecified atom stereocenters. The number of ether oxygens (including phenoxy) is 1. The molecule has 31 heavy (non-hydrogen) atoms. The molecule has 1 saturated carbocycles. The average Bonchev–Trinajstić information content (AvgIpc) is 3.52. The Hall–Kier alpha value is -1.70. The Morgan fingerprint density at radius 1 is 1.23 bits per heavy atom. The van der Waals surface area contributed by atoms with Gasteiger partial charge in [-0.15, -0.1) is 0 Å². The van der Waals surface area contributed by atoms with Gasteiger partial charge in [0.2, 0.25) is 0 Å². The Morgan fingerprint density at radius 3 is 2.71 bits per heavy atom. The van der Waals surface area contributed by atoms with E-state index in [0.717, 1.165) is 44.2 Å². The monoisotopic (exact) mass is 446 g/mol. The lowest BCUT2D eigenvalue weighted by Crippen LogP contribution is -2.43. The SMILES string of the molecule is COC(=O)[C@@H]1CCCN1C/C=C1\CN(C(C(=O)C2CC2)c2ccccc2F)CCC1S. The molecule has 2 saturated heterocycles. The summed E-state index contributed by atoms with van der Waals surface area (Å²) in [5.74, 6) is -0.320. The number of hydrogen-bond donors (Lipinski definition) is 1. The van der Waals surface area contributed by atoms with Crippen molar-refractivity contribution in [1.29, 1.82) is 0 Å². The zero-order valence-electron chi connectivity index (χ0n) is 18.0. The van der Waals surface area contributed by atoms with Crippen molar-refractivity contribution >= 4 is 24.4 Å². The van der Waals surface area contributed by atoms with Crippen molar-refractivity contribution in [2.75, 3.05) is 33.3 Å². The van der Waals surface area contributed by atoms with Crippen LogP contribution in [0.15, 0.2) is 35.9 Å². The highest BCUT2D eigenvalue weighted by Gasteiger charge is 2.41. The molecule has 1 aliphatic carbocycles. The van der Waals surface area contributed by atoms with Crippen LogP contribution in [0.1, 0.15) is 43.7 Å². The minimum absolute atomic E-state index is 0.0520. The third kappa shape index (κ3) is 5.04. The van der Waals surface area contributed by atoms with E-state index in [1.54, 1.807) is 18.2 Å². The molecule has 168 valence electrons. The maximum Gasteiger partial charge on any atom is 0.323 e. The number of nitrogens with zero attached hydrogens (tertiary/aromatic N) is 2. The fourth-order valence-corrected chi connectivity index (χ4v) is 5.12. The number of methoxy groups -OCH3 is 1. The minimum atomic E-state index is -0.549. The van der Waals surface area contributed by atoms with Gasteiger partial charge in [0.05, 0.1) is 13.2 Å². The highest BCUT2D eigenvalue weighted by molar-refractivity contribution is 7.81. The van der Waals surface area contributed by atoms with E-state index >= 15 is 0 Å². The van der Waals surface area contributed by atoms with Crippen LogP contribution in [-0.2, 0) is 14.3 Å². The van der Waals surface area contributed by atoms with Crippen LogP contribution in [0.2, 0.25) is 0 Å². The number of piperidine rings is 1. The second kappa shape index (κ2) is 9.84. The normalized spacial score (nSPS) is 27.4. The molecule has 7 heteroatoms. The molecular formula is C24H31FN2O3S. The van der Waals surface area contributed by atoms with Gasteiger partial charge in [0.1, 0.15) is 11.9 Å². The zero-order chi connectivity index (χ0) is 22.0. The van der Waals surface area contributed by atoms with Gasteiger partial charge in [-0.25, -0.2) is 4.39 Å².